The Morgan fingerprint density at radius 3 is 2.81 bits per heavy atom. The van der Waals surface area contributed by atoms with Crippen molar-refractivity contribution in [2.24, 2.45) is 0 Å². The number of fused-ring (bicyclic) bond motifs is 1. The monoisotopic (exact) mass is 375 g/mol. The van der Waals surface area contributed by atoms with Crippen molar-refractivity contribution < 1.29 is 19.0 Å². The molecule has 27 heavy (non-hydrogen) atoms. The van der Waals surface area contributed by atoms with Crippen molar-refractivity contribution in [1.82, 2.24) is 9.97 Å². The van der Waals surface area contributed by atoms with Gasteiger partial charge in [0, 0.05) is 7.05 Å². The van der Waals surface area contributed by atoms with Crippen molar-refractivity contribution >= 4 is 23.6 Å². The molecule has 4 N–H and O–H groups in total. The summed E-state index contributed by atoms with van der Waals surface area (Å²) in [6.45, 7) is 1.79. The first kappa shape index (κ1) is 18.5. The number of nitrogens with zero attached hydrogens (tertiary/aromatic N) is 2. The van der Waals surface area contributed by atoms with Gasteiger partial charge in [-0.1, -0.05) is 30.3 Å². The number of carbonyl (C=O) groups excluding carboxylic acids is 1. The first-order chi connectivity index (χ1) is 13.0. The Bertz CT molecular complexity index is 837. The van der Waals surface area contributed by atoms with Gasteiger partial charge in [-0.25, -0.2) is 4.79 Å². The Balaban J connectivity index is 0.000000159. The van der Waals surface area contributed by atoms with Crippen LogP contribution in [0.5, 0.6) is 0 Å². The molecule has 10 nitrogen and oxygen atoms in total. The zero-order chi connectivity index (χ0) is 19.2. The van der Waals surface area contributed by atoms with E-state index < -0.39 is 6.16 Å². The third kappa shape index (κ3) is 5.35. The zero-order valence-corrected chi connectivity index (χ0v) is 14.8. The number of nitrogens with two attached hydrogens (primary N) is 1. The smallest absolute Gasteiger partial charge is 0.431 e. The molecular formula is C17H21N5O5. The average molecular weight is 375 g/mol. The maximum Gasteiger partial charge on any atom is 0.508 e. The number of nitrogens with one attached hydrogen (secondary N) is 2. The summed E-state index contributed by atoms with van der Waals surface area (Å²) < 4.78 is 14.6. The van der Waals surface area contributed by atoms with Gasteiger partial charge in [-0.2, -0.15) is 4.98 Å². The van der Waals surface area contributed by atoms with Gasteiger partial charge in [0.1, 0.15) is 25.0 Å². The molecule has 1 saturated heterocycles. The number of epoxide rings is 1. The summed E-state index contributed by atoms with van der Waals surface area (Å²) in [7, 11) is 1.84. The predicted molar refractivity (Wildman–Crippen MR) is 98.5 cm³/mol. The van der Waals surface area contributed by atoms with Crippen LogP contribution in [0.1, 0.15) is 5.56 Å². The Morgan fingerprint density at radius 1 is 1.37 bits per heavy atom. The minimum absolute atomic E-state index is 0.0780. The van der Waals surface area contributed by atoms with Crippen molar-refractivity contribution in [3.8, 4) is 0 Å². The fourth-order valence-corrected chi connectivity index (χ4v) is 2.27. The molecule has 1 aromatic heterocycles. The van der Waals surface area contributed by atoms with Crippen LogP contribution in [0.2, 0.25) is 0 Å². The second kappa shape index (κ2) is 8.41. The Hall–Kier alpha value is -3.27. The number of hydrogen-bond donors (Lipinski definition) is 3. The van der Waals surface area contributed by atoms with Crippen LogP contribution in [0.25, 0.3) is 0 Å². The van der Waals surface area contributed by atoms with E-state index >= 15 is 0 Å². The number of H-pyrrole nitrogens is 1. The van der Waals surface area contributed by atoms with Crippen LogP contribution in [0.4, 0.5) is 22.2 Å². The minimum Gasteiger partial charge on any atom is -0.431 e. The van der Waals surface area contributed by atoms with Crippen molar-refractivity contribution in [3.63, 3.8) is 0 Å². The number of nitrogen functional groups attached to an aromatic ring is 1. The van der Waals surface area contributed by atoms with E-state index in [1.54, 1.807) is 0 Å². The lowest BCUT2D eigenvalue weighted by Gasteiger charge is -2.07. The SMILES string of the molecule is CN1CNc2c1nc(N)[nH]c2=O.O=C(OCc1ccccc1)OCC1CO1. The van der Waals surface area contributed by atoms with Crippen LogP contribution in [0.3, 0.4) is 0 Å². The van der Waals surface area contributed by atoms with E-state index in [2.05, 4.69) is 15.3 Å². The molecule has 2 aliphatic heterocycles. The molecule has 2 aromatic rings. The van der Waals surface area contributed by atoms with Crippen LogP contribution >= 0.6 is 0 Å². The van der Waals surface area contributed by atoms with E-state index in [9.17, 15) is 9.59 Å². The lowest BCUT2D eigenvalue weighted by molar-refractivity contribution is 0.0454. The molecule has 3 heterocycles. The molecule has 0 amide bonds. The third-order valence-corrected chi connectivity index (χ3v) is 3.76. The van der Waals surface area contributed by atoms with Crippen molar-refractivity contribution in [2.45, 2.75) is 12.7 Å². The molecule has 0 spiro atoms. The van der Waals surface area contributed by atoms with Gasteiger partial charge >= 0.3 is 6.16 Å². The first-order valence-corrected chi connectivity index (χ1v) is 8.33. The molecular weight excluding hydrogens is 354 g/mol. The number of hydrogen-bond acceptors (Lipinski definition) is 9. The number of rotatable bonds is 4. The molecule has 1 aromatic carbocycles. The number of benzene rings is 1. The predicted octanol–water partition coefficient (Wildman–Crippen LogP) is 0.910. The standard InChI is InChI=1S/C11H12O4.C6H9N5O/c12-11(15-8-10-7-13-10)14-6-9-4-2-1-3-5-9;1-11-2-8-3-4(11)9-6(7)10-5(3)12/h1-5,10H,6-8H2;8H,2H2,1H3,(H3,7,9,10,12). The first-order valence-electron chi connectivity index (χ1n) is 8.33. The average Bonchev–Trinajstić information content (AvgIpc) is 3.42. The molecule has 1 atom stereocenters. The summed E-state index contributed by atoms with van der Waals surface area (Å²) in [6.07, 6.45) is -0.566. The quantitative estimate of drug-likeness (QED) is 0.526. The van der Waals surface area contributed by atoms with Gasteiger partial charge in [-0.15, -0.1) is 0 Å². The summed E-state index contributed by atoms with van der Waals surface area (Å²) in [4.78, 5) is 30.5. The highest BCUT2D eigenvalue weighted by atomic mass is 16.7. The van der Waals surface area contributed by atoms with E-state index in [0.29, 0.717) is 24.8 Å². The summed E-state index contributed by atoms with van der Waals surface area (Å²) in [6, 6.07) is 9.46. The van der Waals surface area contributed by atoms with Gasteiger partial charge in [0.25, 0.3) is 5.56 Å². The highest BCUT2D eigenvalue weighted by Crippen LogP contribution is 2.23. The fourth-order valence-electron chi connectivity index (χ4n) is 2.27. The maximum atomic E-state index is 11.2. The minimum atomic E-state index is -0.644. The number of anilines is 3. The summed E-state index contributed by atoms with van der Waals surface area (Å²) in [5.74, 6) is 0.755. The van der Waals surface area contributed by atoms with Gasteiger partial charge in [-0.05, 0) is 5.56 Å². The van der Waals surface area contributed by atoms with Crippen LogP contribution in [-0.4, -0.2) is 49.2 Å². The van der Waals surface area contributed by atoms with E-state index in [0.717, 1.165) is 5.56 Å². The van der Waals surface area contributed by atoms with Crippen molar-refractivity contribution in [1.29, 1.82) is 0 Å². The number of ether oxygens (including phenoxy) is 3. The van der Waals surface area contributed by atoms with E-state index in [4.69, 9.17) is 19.9 Å². The second-order valence-electron chi connectivity index (χ2n) is 5.97. The molecule has 0 saturated carbocycles. The lowest BCUT2D eigenvalue weighted by atomic mass is 10.2. The Labute approximate surface area is 155 Å². The number of aromatic nitrogens is 2. The van der Waals surface area contributed by atoms with E-state index in [1.807, 2.05) is 42.3 Å². The van der Waals surface area contributed by atoms with Gasteiger partial charge < -0.3 is 30.2 Å². The van der Waals surface area contributed by atoms with E-state index in [-0.39, 0.29) is 30.8 Å². The van der Waals surface area contributed by atoms with Crippen LogP contribution < -0.4 is 21.5 Å². The summed E-state index contributed by atoms with van der Waals surface area (Å²) in [5, 5.41) is 2.91. The molecule has 0 bridgehead atoms. The molecule has 10 heteroatoms. The van der Waals surface area contributed by atoms with Gasteiger partial charge in [0.05, 0.1) is 13.3 Å². The van der Waals surface area contributed by atoms with E-state index in [1.165, 1.54) is 0 Å². The summed E-state index contributed by atoms with van der Waals surface area (Å²) >= 11 is 0. The Morgan fingerprint density at radius 2 is 2.11 bits per heavy atom. The highest BCUT2D eigenvalue weighted by molar-refractivity contribution is 5.70. The van der Waals surface area contributed by atoms with Gasteiger partial charge in [-0.3, -0.25) is 9.78 Å². The highest BCUT2D eigenvalue weighted by Gasteiger charge is 2.24. The molecule has 4 rings (SSSR count). The number of aromatic amines is 1. The zero-order valence-electron chi connectivity index (χ0n) is 14.8. The van der Waals surface area contributed by atoms with Gasteiger partial charge in [0.15, 0.2) is 5.82 Å². The van der Waals surface area contributed by atoms with Crippen LogP contribution in [-0.2, 0) is 20.8 Å². The van der Waals surface area contributed by atoms with Crippen molar-refractivity contribution in [2.75, 3.05) is 42.9 Å². The Kier molecular flexibility index (Phi) is 5.77. The molecule has 0 radical (unpaired) electrons. The largest absolute Gasteiger partial charge is 0.508 e. The lowest BCUT2D eigenvalue weighted by Crippen LogP contribution is -2.17. The maximum absolute atomic E-state index is 11.2. The van der Waals surface area contributed by atoms with Crippen LogP contribution in [0.15, 0.2) is 35.1 Å². The van der Waals surface area contributed by atoms with Crippen molar-refractivity contribution in [3.05, 3.63) is 46.2 Å². The molecule has 0 aliphatic carbocycles. The third-order valence-electron chi connectivity index (χ3n) is 3.76. The molecule has 2 aliphatic rings. The second-order valence-corrected chi connectivity index (χ2v) is 5.97. The summed E-state index contributed by atoms with van der Waals surface area (Å²) in [5.41, 5.74) is 6.59. The van der Waals surface area contributed by atoms with Gasteiger partial charge in [0.2, 0.25) is 5.95 Å². The molecule has 1 unspecified atom stereocenters. The van der Waals surface area contributed by atoms with Crippen LogP contribution in [0, 0.1) is 0 Å². The normalized spacial score (nSPS) is 16.5. The topological polar surface area (TPSA) is 135 Å². The number of carbonyl (C=O) groups is 1. The molecule has 1 fully saturated rings. The molecule has 144 valence electrons. The fraction of sp³-hybridized carbons (Fsp3) is 0.353.